The molecule has 0 spiro atoms. The highest BCUT2D eigenvalue weighted by atomic mass is 32.2. The van der Waals surface area contributed by atoms with Crippen LogP contribution in [0.3, 0.4) is 0 Å². The Morgan fingerprint density at radius 1 is 1.15 bits per heavy atom. The van der Waals surface area contributed by atoms with Crippen molar-refractivity contribution in [3.63, 3.8) is 0 Å². The predicted octanol–water partition coefficient (Wildman–Crippen LogP) is 3.20. The zero-order chi connectivity index (χ0) is 24.2. The lowest BCUT2D eigenvalue weighted by Gasteiger charge is -2.29. The Bertz CT molecular complexity index is 1140. The number of nitro groups is 1. The summed E-state index contributed by atoms with van der Waals surface area (Å²) in [5.74, 6) is -0.973. The third-order valence-electron chi connectivity index (χ3n) is 5.45. The van der Waals surface area contributed by atoms with Gasteiger partial charge in [-0.3, -0.25) is 14.9 Å². The average Bonchev–Trinajstić information content (AvgIpc) is 2.79. The van der Waals surface area contributed by atoms with E-state index in [0.717, 1.165) is 12.8 Å². The molecule has 1 heterocycles. The number of amides is 1. The molecule has 1 atom stereocenters. The normalized spacial score (nSPS) is 16.1. The molecule has 1 aliphatic heterocycles. The summed E-state index contributed by atoms with van der Waals surface area (Å²) in [6, 6.07) is 10.7. The molecule has 0 aromatic heterocycles. The first-order valence-corrected chi connectivity index (χ1v) is 11.9. The SMILES string of the molecule is CC1CCN(S(=O)(=O)c2ccc(C(=O)OC(C)C(=O)Nc3cccc([N+](=O)[O-])c3)cc2)CC1. The van der Waals surface area contributed by atoms with Gasteiger partial charge in [0.1, 0.15) is 0 Å². The molecule has 176 valence electrons. The van der Waals surface area contributed by atoms with E-state index in [2.05, 4.69) is 12.2 Å². The van der Waals surface area contributed by atoms with Crippen LogP contribution in [0.15, 0.2) is 53.4 Å². The Balaban J connectivity index is 1.61. The zero-order valence-corrected chi connectivity index (χ0v) is 19.1. The molecule has 0 bridgehead atoms. The largest absolute Gasteiger partial charge is 0.449 e. The molecule has 33 heavy (non-hydrogen) atoms. The fraction of sp³-hybridized carbons (Fsp3) is 0.364. The van der Waals surface area contributed by atoms with Crippen LogP contribution in [0, 0.1) is 16.0 Å². The second kappa shape index (κ2) is 10.1. The number of carbonyl (C=O) groups is 2. The van der Waals surface area contributed by atoms with E-state index >= 15 is 0 Å². The molecule has 1 fully saturated rings. The molecule has 1 amide bonds. The van der Waals surface area contributed by atoms with Crippen LogP contribution < -0.4 is 5.32 Å². The summed E-state index contributed by atoms with van der Waals surface area (Å²) in [6.45, 7) is 4.38. The van der Waals surface area contributed by atoms with Gasteiger partial charge in [-0.15, -0.1) is 0 Å². The van der Waals surface area contributed by atoms with Gasteiger partial charge in [-0.2, -0.15) is 4.31 Å². The first-order valence-electron chi connectivity index (χ1n) is 10.4. The summed E-state index contributed by atoms with van der Waals surface area (Å²) in [6.07, 6.45) is 0.426. The molecule has 2 aromatic carbocycles. The number of benzene rings is 2. The van der Waals surface area contributed by atoms with Crippen molar-refractivity contribution in [3.05, 3.63) is 64.2 Å². The van der Waals surface area contributed by atoms with Gasteiger partial charge in [-0.25, -0.2) is 13.2 Å². The number of carbonyl (C=O) groups excluding carboxylic acids is 2. The summed E-state index contributed by atoms with van der Waals surface area (Å²) in [5.41, 5.74) is 0.0986. The van der Waals surface area contributed by atoms with Crippen molar-refractivity contribution >= 4 is 33.3 Å². The number of nitro benzene ring substituents is 1. The molecule has 1 N–H and O–H groups in total. The Kier molecular flexibility index (Phi) is 7.44. The minimum Gasteiger partial charge on any atom is -0.449 e. The Morgan fingerprint density at radius 3 is 2.39 bits per heavy atom. The van der Waals surface area contributed by atoms with E-state index in [1.807, 2.05) is 0 Å². The molecule has 2 aromatic rings. The first-order chi connectivity index (χ1) is 15.6. The number of piperidine rings is 1. The molecule has 0 aliphatic carbocycles. The van der Waals surface area contributed by atoms with E-state index in [0.29, 0.717) is 19.0 Å². The maximum absolute atomic E-state index is 12.8. The van der Waals surface area contributed by atoms with Gasteiger partial charge >= 0.3 is 5.97 Å². The standard InChI is InChI=1S/C22H25N3O7S/c1-15-10-12-24(13-11-15)33(30,31)20-8-6-17(7-9-20)22(27)32-16(2)21(26)23-18-4-3-5-19(14-18)25(28)29/h3-9,14-16H,10-13H2,1-2H3,(H,23,26). The molecule has 10 nitrogen and oxygen atoms in total. The highest BCUT2D eigenvalue weighted by molar-refractivity contribution is 7.89. The van der Waals surface area contributed by atoms with Gasteiger partial charge in [0.05, 0.1) is 15.4 Å². The molecule has 1 aliphatic rings. The van der Waals surface area contributed by atoms with Crippen molar-refractivity contribution in [2.45, 2.75) is 37.7 Å². The maximum atomic E-state index is 12.8. The summed E-state index contributed by atoms with van der Waals surface area (Å²) in [4.78, 5) is 35.1. The minimum absolute atomic E-state index is 0.0880. The van der Waals surface area contributed by atoms with Crippen LogP contribution in [-0.2, 0) is 19.6 Å². The predicted molar refractivity (Wildman–Crippen MR) is 120 cm³/mol. The van der Waals surface area contributed by atoms with E-state index < -0.39 is 32.9 Å². The monoisotopic (exact) mass is 475 g/mol. The number of nitrogens with zero attached hydrogens (tertiary/aromatic N) is 2. The lowest BCUT2D eigenvalue weighted by Crippen LogP contribution is -2.37. The van der Waals surface area contributed by atoms with Gasteiger partial charge in [-0.1, -0.05) is 13.0 Å². The van der Waals surface area contributed by atoms with E-state index in [-0.39, 0.29) is 21.8 Å². The van der Waals surface area contributed by atoms with Crippen molar-refractivity contribution in [1.82, 2.24) is 4.31 Å². The van der Waals surface area contributed by atoms with Crippen LogP contribution in [0.2, 0.25) is 0 Å². The van der Waals surface area contributed by atoms with Gasteiger partial charge in [0.15, 0.2) is 6.10 Å². The van der Waals surface area contributed by atoms with E-state index in [4.69, 9.17) is 4.74 Å². The lowest BCUT2D eigenvalue weighted by molar-refractivity contribution is -0.384. The quantitative estimate of drug-likeness (QED) is 0.369. The average molecular weight is 476 g/mol. The van der Waals surface area contributed by atoms with Gasteiger partial charge in [-0.05, 0) is 56.0 Å². The summed E-state index contributed by atoms with van der Waals surface area (Å²) >= 11 is 0. The number of ether oxygens (including phenoxy) is 1. The molecule has 11 heteroatoms. The van der Waals surface area contributed by atoms with Gasteiger partial charge in [0, 0.05) is 30.9 Å². The van der Waals surface area contributed by atoms with Gasteiger partial charge in [0.25, 0.3) is 11.6 Å². The van der Waals surface area contributed by atoms with Crippen molar-refractivity contribution in [3.8, 4) is 0 Å². The number of nitrogens with one attached hydrogen (secondary N) is 1. The number of esters is 1. The van der Waals surface area contributed by atoms with Crippen molar-refractivity contribution in [2.24, 2.45) is 5.92 Å². The van der Waals surface area contributed by atoms with Crippen LogP contribution in [0.4, 0.5) is 11.4 Å². The van der Waals surface area contributed by atoms with Crippen molar-refractivity contribution in [2.75, 3.05) is 18.4 Å². The second-order valence-electron chi connectivity index (χ2n) is 7.96. The third-order valence-corrected chi connectivity index (χ3v) is 7.36. The van der Waals surface area contributed by atoms with E-state index in [9.17, 15) is 28.1 Å². The highest BCUT2D eigenvalue weighted by Gasteiger charge is 2.28. The van der Waals surface area contributed by atoms with Crippen LogP contribution in [-0.4, -0.2) is 48.7 Å². The Morgan fingerprint density at radius 2 is 1.79 bits per heavy atom. The molecule has 0 saturated carbocycles. The molecule has 1 unspecified atom stereocenters. The maximum Gasteiger partial charge on any atom is 0.338 e. The Hall–Kier alpha value is -3.31. The summed E-state index contributed by atoms with van der Waals surface area (Å²) in [7, 11) is -3.64. The minimum atomic E-state index is -3.64. The number of sulfonamides is 1. The first kappa shape index (κ1) is 24.3. The van der Waals surface area contributed by atoms with E-state index in [1.165, 1.54) is 59.8 Å². The number of hydrogen-bond donors (Lipinski definition) is 1. The van der Waals surface area contributed by atoms with Crippen LogP contribution in [0.5, 0.6) is 0 Å². The van der Waals surface area contributed by atoms with E-state index in [1.54, 1.807) is 0 Å². The third kappa shape index (κ3) is 5.93. The Labute approximate surface area is 191 Å². The second-order valence-corrected chi connectivity index (χ2v) is 9.89. The van der Waals surface area contributed by atoms with Crippen LogP contribution in [0.1, 0.15) is 37.0 Å². The van der Waals surface area contributed by atoms with Gasteiger partial charge < -0.3 is 10.1 Å². The van der Waals surface area contributed by atoms with Crippen molar-refractivity contribution in [1.29, 1.82) is 0 Å². The fourth-order valence-corrected chi connectivity index (χ4v) is 4.83. The number of anilines is 1. The lowest BCUT2D eigenvalue weighted by atomic mass is 10.0. The van der Waals surface area contributed by atoms with Gasteiger partial charge in [0.2, 0.25) is 10.0 Å². The summed E-state index contributed by atoms with van der Waals surface area (Å²) in [5, 5.41) is 13.3. The molecule has 1 saturated heterocycles. The molecule has 0 radical (unpaired) electrons. The fourth-order valence-electron chi connectivity index (χ4n) is 3.36. The zero-order valence-electron chi connectivity index (χ0n) is 18.3. The number of rotatable bonds is 7. The van der Waals surface area contributed by atoms with Crippen molar-refractivity contribution < 1.29 is 27.7 Å². The number of hydrogen-bond acceptors (Lipinski definition) is 7. The number of non-ortho nitro benzene ring substituents is 1. The smallest absolute Gasteiger partial charge is 0.338 e. The van der Waals surface area contributed by atoms with Crippen LogP contribution >= 0.6 is 0 Å². The molecular weight excluding hydrogens is 450 g/mol. The molecular formula is C22H25N3O7S. The highest BCUT2D eigenvalue weighted by Crippen LogP contribution is 2.24. The van der Waals surface area contributed by atoms with Crippen LogP contribution in [0.25, 0.3) is 0 Å². The molecule has 3 rings (SSSR count). The topological polar surface area (TPSA) is 136 Å². The summed E-state index contributed by atoms with van der Waals surface area (Å²) < 4.78 is 32.2.